The van der Waals surface area contributed by atoms with Gasteiger partial charge in [-0.1, -0.05) is 23.8 Å². The molecule has 140 valence electrons. The Morgan fingerprint density at radius 1 is 1.07 bits per heavy atom. The highest BCUT2D eigenvalue weighted by Gasteiger charge is 2.17. The fourth-order valence-electron chi connectivity index (χ4n) is 2.96. The summed E-state index contributed by atoms with van der Waals surface area (Å²) in [5.74, 6) is -0.351. The van der Waals surface area contributed by atoms with E-state index in [-0.39, 0.29) is 11.6 Å². The van der Waals surface area contributed by atoms with Crippen LogP contribution >= 0.6 is 0 Å². The number of amides is 1. The maximum atomic E-state index is 12.8. The minimum Gasteiger partial charge on any atom is -0.321 e. The monoisotopic (exact) mass is 379 g/mol. The summed E-state index contributed by atoms with van der Waals surface area (Å²) in [6.07, 6.45) is 3.44. The zero-order valence-electron chi connectivity index (χ0n) is 15.7. The topological polar surface area (TPSA) is 83.6 Å². The zero-order chi connectivity index (χ0) is 20.2. The smallest absolute Gasteiger partial charge is 0.276 e. The lowest BCUT2D eigenvalue weighted by molar-refractivity contribution is 0.102. The molecule has 2 aromatic heterocycles. The van der Waals surface area contributed by atoms with Crippen LogP contribution in [0.1, 0.15) is 21.6 Å². The average molecular weight is 379 g/mol. The average Bonchev–Trinajstić information content (AvgIpc) is 3.21. The van der Waals surface area contributed by atoms with Gasteiger partial charge < -0.3 is 5.32 Å². The van der Waals surface area contributed by atoms with Crippen molar-refractivity contribution in [1.82, 2.24) is 14.8 Å². The number of nitrogens with zero attached hydrogens (tertiary/aromatic N) is 4. The molecule has 0 aliphatic rings. The molecule has 2 heterocycles. The molecule has 0 aliphatic heterocycles. The summed E-state index contributed by atoms with van der Waals surface area (Å²) in [5, 5.41) is 16.4. The molecule has 1 amide bonds. The van der Waals surface area contributed by atoms with E-state index in [2.05, 4.69) is 21.5 Å². The number of carbonyl (C=O) groups excluding carboxylic acids is 1. The van der Waals surface area contributed by atoms with E-state index in [4.69, 9.17) is 5.26 Å². The van der Waals surface area contributed by atoms with Crippen LogP contribution in [-0.2, 0) is 0 Å². The van der Waals surface area contributed by atoms with Crippen LogP contribution in [0.3, 0.4) is 0 Å². The number of hydrogen-bond acceptors (Lipinski definition) is 4. The van der Waals surface area contributed by atoms with Crippen LogP contribution in [0.25, 0.3) is 16.9 Å². The van der Waals surface area contributed by atoms with E-state index < -0.39 is 0 Å². The quantitative estimate of drug-likeness (QED) is 0.571. The number of nitrogens with one attached hydrogen (secondary N) is 1. The Labute approximate surface area is 168 Å². The predicted octanol–water partition coefficient (Wildman–Crippen LogP) is 4.37. The lowest BCUT2D eigenvalue weighted by Gasteiger charge is -2.07. The number of anilines is 1. The Hall–Kier alpha value is -4.24. The van der Waals surface area contributed by atoms with Crippen LogP contribution in [-0.4, -0.2) is 20.7 Å². The molecule has 0 saturated heterocycles. The summed E-state index contributed by atoms with van der Waals surface area (Å²) in [7, 11) is 0. The Morgan fingerprint density at radius 3 is 2.62 bits per heavy atom. The Kier molecular flexibility index (Phi) is 4.87. The first-order valence-corrected chi connectivity index (χ1v) is 9.03. The highest BCUT2D eigenvalue weighted by molar-refractivity contribution is 6.03. The van der Waals surface area contributed by atoms with Gasteiger partial charge in [-0.2, -0.15) is 10.4 Å². The first-order valence-electron chi connectivity index (χ1n) is 9.03. The molecule has 29 heavy (non-hydrogen) atoms. The van der Waals surface area contributed by atoms with Gasteiger partial charge in [0.15, 0.2) is 5.69 Å². The van der Waals surface area contributed by atoms with Crippen molar-refractivity contribution in [2.75, 3.05) is 5.32 Å². The summed E-state index contributed by atoms with van der Waals surface area (Å²) in [4.78, 5) is 17.0. The molecule has 6 heteroatoms. The second kappa shape index (κ2) is 7.79. The maximum Gasteiger partial charge on any atom is 0.276 e. The van der Waals surface area contributed by atoms with Gasteiger partial charge in [-0.05, 0) is 55.5 Å². The second-order valence-corrected chi connectivity index (χ2v) is 6.55. The molecule has 0 radical (unpaired) electrons. The first-order chi connectivity index (χ1) is 14.1. The molecule has 0 spiro atoms. The van der Waals surface area contributed by atoms with E-state index in [1.54, 1.807) is 47.4 Å². The van der Waals surface area contributed by atoms with E-state index in [0.29, 0.717) is 11.3 Å². The fraction of sp³-hybridized carbons (Fsp3) is 0.0435. The zero-order valence-corrected chi connectivity index (χ0v) is 15.7. The van der Waals surface area contributed by atoms with Crippen molar-refractivity contribution >= 4 is 11.6 Å². The molecular weight excluding hydrogens is 362 g/mol. The largest absolute Gasteiger partial charge is 0.321 e. The predicted molar refractivity (Wildman–Crippen MR) is 111 cm³/mol. The van der Waals surface area contributed by atoms with Gasteiger partial charge >= 0.3 is 0 Å². The molecule has 0 saturated carbocycles. The van der Waals surface area contributed by atoms with Crippen LogP contribution in [0.4, 0.5) is 5.69 Å². The second-order valence-electron chi connectivity index (χ2n) is 6.55. The lowest BCUT2D eigenvalue weighted by atomic mass is 10.1. The number of aryl methyl sites for hydroxylation is 1. The summed E-state index contributed by atoms with van der Waals surface area (Å²) < 4.78 is 1.73. The van der Waals surface area contributed by atoms with Crippen molar-refractivity contribution in [2.45, 2.75) is 6.92 Å². The number of pyridine rings is 1. The van der Waals surface area contributed by atoms with Crippen molar-refractivity contribution in [2.24, 2.45) is 0 Å². The summed E-state index contributed by atoms with van der Waals surface area (Å²) in [6, 6.07) is 22.2. The van der Waals surface area contributed by atoms with Crippen LogP contribution in [0.5, 0.6) is 0 Å². The highest BCUT2D eigenvalue weighted by atomic mass is 16.1. The Morgan fingerprint density at radius 2 is 1.90 bits per heavy atom. The minimum absolute atomic E-state index is 0.270. The standard InChI is InChI=1S/C23H17N5O/c1-16-7-9-20(10-8-16)28-22(18-5-3-11-25-15-18)13-21(27-28)23(29)26-19-6-2-4-17(12-19)14-24/h2-13,15H,1H3,(H,26,29). The Balaban J connectivity index is 1.73. The van der Waals surface area contributed by atoms with Gasteiger partial charge in [0.25, 0.3) is 5.91 Å². The molecule has 4 aromatic rings. The minimum atomic E-state index is -0.351. The maximum absolute atomic E-state index is 12.8. The van der Waals surface area contributed by atoms with Crippen LogP contribution in [0, 0.1) is 18.3 Å². The number of rotatable bonds is 4. The molecule has 0 aliphatic carbocycles. The molecule has 1 N–H and O–H groups in total. The van der Waals surface area contributed by atoms with Gasteiger partial charge in [-0.25, -0.2) is 4.68 Å². The van der Waals surface area contributed by atoms with Crippen molar-refractivity contribution in [3.05, 3.63) is 95.9 Å². The normalized spacial score (nSPS) is 10.3. The highest BCUT2D eigenvalue weighted by Crippen LogP contribution is 2.24. The molecule has 0 fully saturated rings. The van der Waals surface area contributed by atoms with Gasteiger partial charge in [0.2, 0.25) is 0 Å². The van der Waals surface area contributed by atoms with Gasteiger partial charge in [0, 0.05) is 23.6 Å². The lowest BCUT2D eigenvalue weighted by Crippen LogP contribution is -2.13. The number of aromatic nitrogens is 3. The van der Waals surface area contributed by atoms with E-state index in [1.165, 1.54) is 0 Å². The van der Waals surface area contributed by atoms with Gasteiger partial charge in [-0.3, -0.25) is 9.78 Å². The van der Waals surface area contributed by atoms with Crippen molar-refractivity contribution in [1.29, 1.82) is 5.26 Å². The number of nitriles is 1. The van der Waals surface area contributed by atoms with Crippen LogP contribution in [0.2, 0.25) is 0 Å². The van der Waals surface area contributed by atoms with Crippen molar-refractivity contribution in [3.8, 4) is 23.0 Å². The van der Waals surface area contributed by atoms with E-state index in [1.807, 2.05) is 43.3 Å². The van der Waals surface area contributed by atoms with Gasteiger partial charge in [0.1, 0.15) is 0 Å². The Bertz CT molecular complexity index is 1200. The van der Waals surface area contributed by atoms with Gasteiger partial charge in [-0.15, -0.1) is 0 Å². The summed E-state index contributed by atoms with van der Waals surface area (Å²) in [5.41, 5.74) is 4.89. The number of carbonyl (C=O) groups is 1. The number of benzene rings is 2. The summed E-state index contributed by atoms with van der Waals surface area (Å²) in [6.45, 7) is 2.02. The molecule has 2 aromatic carbocycles. The molecule has 0 bridgehead atoms. The molecular formula is C23H17N5O. The van der Waals surface area contributed by atoms with E-state index in [9.17, 15) is 4.79 Å². The van der Waals surface area contributed by atoms with Crippen molar-refractivity contribution in [3.63, 3.8) is 0 Å². The first kappa shape index (κ1) is 18.1. The molecule has 4 rings (SSSR count). The number of hydrogen-bond donors (Lipinski definition) is 1. The SMILES string of the molecule is Cc1ccc(-n2nc(C(=O)Nc3cccc(C#N)c3)cc2-c2cccnc2)cc1. The van der Waals surface area contributed by atoms with E-state index >= 15 is 0 Å². The molecule has 6 nitrogen and oxygen atoms in total. The fourth-order valence-corrected chi connectivity index (χ4v) is 2.96. The van der Waals surface area contributed by atoms with Crippen LogP contribution < -0.4 is 5.32 Å². The molecule has 0 unspecified atom stereocenters. The van der Waals surface area contributed by atoms with E-state index in [0.717, 1.165) is 22.5 Å². The summed E-state index contributed by atoms with van der Waals surface area (Å²) >= 11 is 0. The molecule has 0 atom stereocenters. The van der Waals surface area contributed by atoms with Crippen LogP contribution in [0.15, 0.2) is 79.1 Å². The third kappa shape index (κ3) is 3.89. The van der Waals surface area contributed by atoms with Crippen molar-refractivity contribution < 1.29 is 4.79 Å². The third-order valence-electron chi connectivity index (χ3n) is 4.43. The third-order valence-corrected chi connectivity index (χ3v) is 4.43. The van der Waals surface area contributed by atoms with Gasteiger partial charge in [0.05, 0.1) is 23.0 Å².